The Hall–Kier alpha value is -2.83. The van der Waals surface area contributed by atoms with Gasteiger partial charge in [0.15, 0.2) is 11.5 Å². The Morgan fingerprint density at radius 3 is 2.74 bits per heavy atom. The second-order valence-corrected chi connectivity index (χ2v) is 9.54. The van der Waals surface area contributed by atoms with Crippen molar-refractivity contribution in [1.29, 1.82) is 0 Å². The minimum absolute atomic E-state index is 0.0536. The molecule has 4 rings (SSSR count). The number of ether oxygens (including phenoxy) is 4. The van der Waals surface area contributed by atoms with E-state index < -0.39 is 5.60 Å². The number of methoxy groups -OCH3 is 1. The number of esters is 1. The molecule has 2 aliphatic rings. The van der Waals surface area contributed by atoms with Gasteiger partial charge in [-0.05, 0) is 54.3 Å². The number of hydrogen-bond donors (Lipinski definition) is 0. The first-order chi connectivity index (χ1) is 16.4. The fourth-order valence-corrected chi connectivity index (χ4v) is 5.11. The van der Waals surface area contributed by atoms with Crippen molar-refractivity contribution >= 4 is 12.0 Å². The van der Waals surface area contributed by atoms with Gasteiger partial charge in [-0.25, -0.2) is 4.79 Å². The maximum absolute atomic E-state index is 12.6. The first kappa shape index (κ1) is 24.3. The summed E-state index contributed by atoms with van der Waals surface area (Å²) in [5.41, 5.74) is 2.92. The van der Waals surface area contributed by atoms with Crippen molar-refractivity contribution < 1.29 is 23.7 Å². The SMILES string of the molecule is COCC(=O)OC1(CCN(C)CCc2ccc3c(c2)OCO3)C=Cc2ccccc2C1C(C)C. The van der Waals surface area contributed by atoms with Crippen LogP contribution in [0.5, 0.6) is 11.5 Å². The van der Waals surface area contributed by atoms with Gasteiger partial charge >= 0.3 is 5.97 Å². The predicted octanol–water partition coefficient (Wildman–Crippen LogP) is 4.67. The molecule has 1 aliphatic heterocycles. The molecule has 0 radical (unpaired) electrons. The highest BCUT2D eigenvalue weighted by Crippen LogP contribution is 2.46. The van der Waals surface area contributed by atoms with Crippen molar-refractivity contribution in [3.8, 4) is 11.5 Å². The van der Waals surface area contributed by atoms with Gasteiger partial charge in [-0.1, -0.05) is 50.3 Å². The van der Waals surface area contributed by atoms with E-state index in [1.165, 1.54) is 23.8 Å². The molecule has 0 saturated carbocycles. The highest BCUT2D eigenvalue weighted by molar-refractivity contribution is 5.73. The van der Waals surface area contributed by atoms with Gasteiger partial charge in [-0.3, -0.25) is 0 Å². The van der Waals surface area contributed by atoms with Crippen LogP contribution in [0.2, 0.25) is 0 Å². The summed E-state index contributed by atoms with van der Waals surface area (Å²) in [7, 11) is 3.63. The average Bonchev–Trinajstić information content (AvgIpc) is 3.29. The molecule has 0 amide bonds. The van der Waals surface area contributed by atoms with Crippen LogP contribution in [0, 0.1) is 5.92 Å². The van der Waals surface area contributed by atoms with Crippen LogP contribution in [0.15, 0.2) is 48.5 Å². The summed E-state index contributed by atoms with van der Waals surface area (Å²) in [6.07, 6.45) is 5.80. The Morgan fingerprint density at radius 1 is 1.15 bits per heavy atom. The third-order valence-corrected chi connectivity index (χ3v) is 6.74. The molecule has 34 heavy (non-hydrogen) atoms. The van der Waals surface area contributed by atoms with Gasteiger partial charge in [0, 0.05) is 32.5 Å². The van der Waals surface area contributed by atoms with E-state index in [9.17, 15) is 4.79 Å². The van der Waals surface area contributed by atoms with Gasteiger partial charge < -0.3 is 23.8 Å². The molecule has 2 atom stereocenters. The molecule has 0 spiro atoms. The summed E-state index contributed by atoms with van der Waals surface area (Å²) >= 11 is 0. The Morgan fingerprint density at radius 2 is 1.94 bits per heavy atom. The lowest BCUT2D eigenvalue weighted by atomic mass is 9.69. The van der Waals surface area contributed by atoms with Crippen molar-refractivity contribution in [2.24, 2.45) is 5.92 Å². The summed E-state index contributed by atoms with van der Waals surface area (Å²) < 4.78 is 22.2. The zero-order chi connectivity index (χ0) is 24.1. The third-order valence-electron chi connectivity index (χ3n) is 6.74. The molecule has 0 bridgehead atoms. The number of hydrogen-bond acceptors (Lipinski definition) is 6. The molecule has 6 heteroatoms. The van der Waals surface area contributed by atoms with Crippen LogP contribution >= 0.6 is 0 Å². The molecule has 0 N–H and O–H groups in total. The maximum Gasteiger partial charge on any atom is 0.332 e. The standard InChI is InChI=1S/C28H35NO5/c1-20(2)27-23-8-6-5-7-22(23)11-13-28(27,34-26(30)18-31-4)14-16-29(3)15-12-21-9-10-24-25(17-21)33-19-32-24/h5-11,13,17,20,27H,12,14-16,18-19H2,1-4H3. The van der Waals surface area contributed by atoms with E-state index in [-0.39, 0.29) is 25.3 Å². The monoisotopic (exact) mass is 465 g/mol. The molecule has 182 valence electrons. The summed E-state index contributed by atoms with van der Waals surface area (Å²) in [5.74, 6) is 1.65. The second-order valence-electron chi connectivity index (χ2n) is 9.54. The molecular formula is C28H35NO5. The third kappa shape index (κ3) is 5.29. The fourth-order valence-electron chi connectivity index (χ4n) is 5.11. The van der Waals surface area contributed by atoms with Crippen molar-refractivity contribution in [2.75, 3.05) is 40.6 Å². The zero-order valence-electron chi connectivity index (χ0n) is 20.6. The average molecular weight is 466 g/mol. The van der Waals surface area contributed by atoms with Crippen LogP contribution in [-0.2, 0) is 20.7 Å². The zero-order valence-corrected chi connectivity index (χ0v) is 20.6. The second kappa shape index (κ2) is 10.6. The van der Waals surface area contributed by atoms with E-state index in [1.807, 2.05) is 6.07 Å². The van der Waals surface area contributed by atoms with Gasteiger partial charge in [0.05, 0.1) is 0 Å². The lowest BCUT2D eigenvalue weighted by Gasteiger charge is -2.44. The first-order valence-corrected chi connectivity index (χ1v) is 12.0. The maximum atomic E-state index is 12.6. The molecule has 1 heterocycles. The lowest BCUT2D eigenvalue weighted by Crippen LogP contribution is -2.46. The summed E-state index contributed by atoms with van der Waals surface area (Å²) in [4.78, 5) is 14.9. The van der Waals surface area contributed by atoms with Crippen LogP contribution in [0.1, 0.15) is 42.9 Å². The Balaban J connectivity index is 1.48. The van der Waals surface area contributed by atoms with Gasteiger partial charge in [-0.2, -0.15) is 0 Å². The minimum Gasteiger partial charge on any atom is -0.454 e. The Kier molecular flexibility index (Phi) is 7.59. The molecule has 0 aromatic heterocycles. The van der Waals surface area contributed by atoms with Crippen LogP contribution in [0.3, 0.4) is 0 Å². The molecule has 6 nitrogen and oxygen atoms in total. The van der Waals surface area contributed by atoms with Crippen LogP contribution in [0.4, 0.5) is 0 Å². The van der Waals surface area contributed by atoms with E-state index >= 15 is 0 Å². The summed E-state index contributed by atoms with van der Waals surface area (Å²) in [6, 6.07) is 14.5. The quantitative estimate of drug-likeness (QED) is 0.475. The van der Waals surface area contributed by atoms with E-state index in [1.54, 1.807) is 0 Å². The van der Waals surface area contributed by atoms with Gasteiger partial charge in [0.2, 0.25) is 6.79 Å². The van der Waals surface area contributed by atoms with Gasteiger partial charge in [0.25, 0.3) is 0 Å². The molecule has 2 aromatic carbocycles. The lowest BCUT2D eigenvalue weighted by molar-refractivity contribution is -0.163. The molecular weight excluding hydrogens is 430 g/mol. The smallest absolute Gasteiger partial charge is 0.332 e. The van der Waals surface area contributed by atoms with Crippen LogP contribution in [-0.4, -0.2) is 57.1 Å². The van der Waals surface area contributed by atoms with Crippen molar-refractivity contribution in [1.82, 2.24) is 4.90 Å². The predicted molar refractivity (Wildman–Crippen MR) is 132 cm³/mol. The van der Waals surface area contributed by atoms with Crippen molar-refractivity contribution in [3.05, 3.63) is 65.2 Å². The van der Waals surface area contributed by atoms with E-state index in [0.717, 1.165) is 31.0 Å². The highest BCUT2D eigenvalue weighted by atomic mass is 16.7. The molecule has 1 aliphatic carbocycles. The normalized spacial score (nSPS) is 20.6. The number of carbonyl (C=O) groups excluding carboxylic acids is 1. The number of nitrogens with zero attached hydrogens (tertiary/aromatic N) is 1. The number of rotatable bonds is 10. The summed E-state index contributed by atoms with van der Waals surface area (Å²) in [5, 5.41) is 0. The molecule has 0 saturated heterocycles. The Bertz CT molecular complexity index is 1030. The van der Waals surface area contributed by atoms with Crippen molar-refractivity contribution in [2.45, 2.75) is 38.2 Å². The molecule has 0 fully saturated rings. The van der Waals surface area contributed by atoms with E-state index in [4.69, 9.17) is 18.9 Å². The summed E-state index contributed by atoms with van der Waals surface area (Å²) in [6.45, 7) is 6.30. The first-order valence-electron chi connectivity index (χ1n) is 12.0. The Labute approximate surface area is 202 Å². The van der Waals surface area contributed by atoms with Crippen molar-refractivity contribution in [3.63, 3.8) is 0 Å². The molecule has 2 unspecified atom stereocenters. The van der Waals surface area contributed by atoms with Crippen LogP contribution in [0.25, 0.3) is 6.08 Å². The van der Waals surface area contributed by atoms with E-state index in [2.05, 4.69) is 74.3 Å². The largest absolute Gasteiger partial charge is 0.454 e. The highest BCUT2D eigenvalue weighted by Gasteiger charge is 2.45. The topological polar surface area (TPSA) is 57.2 Å². The van der Waals surface area contributed by atoms with E-state index in [0.29, 0.717) is 12.3 Å². The van der Waals surface area contributed by atoms with Gasteiger partial charge in [0.1, 0.15) is 12.2 Å². The number of benzene rings is 2. The number of fused-ring (bicyclic) bond motifs is 2. The number of likely N-dealkylation sites (N-methyl/N-ethyl adjacent to an activating group) is 1. The minimum atomic E-state index is -0.717. The van der Waals surface area contributed by atoms with Crippen LogP contribution < -0.4 is 9.47 Å². The number of carbonyl (C=O) groups is 1. The van der Waals surface area contributed by atoms with Gasteiger partial charge in [-0.15, -0.1) is 0 Å². The fraction of sp³-hybridized carbons (Fsp3) is 0.464. The molecule has 2 aromatic rings.